The van der Waals surface area contributed by atoms with Crippen molar-refractivity contribution in [3.05, 3.63) is 0 Å². The van der Waals surface area contributed by atoms with Crippen LogP contribution in [-0.4, -0.2) is 13.2 Å². The molecule has 5 heteroatoms. The fourth-order valence-electron chi connectivity index (χ4n) is 0.530. The molecule has 0 atom stereocenters. The average molecular weight is 268 g/mol. The smallest absolute Gasteiger partial charge is 1.00 e. The summed E-state index contributed by atoms with van der Waals surface area (Å²) in [6.45, 7) is 6.08. The van der Waals surface area contributed by atoms with E-state index in [9.17, 15) is 0 Å². The van der Waals surface area contributed by atoms with E-state index in [-0.39, 0.29) is 41.8 Å². The Morgan fingerprint density at radius 1 is 0.846 bits per heavy atom. The first-order valence-corrected chi connectivity index (χ1v) is 5.50. The van der Waals surface area contributed by atoms with E-state index in [0.29, 0.717) is 0 Å². The molecule has 0 amide bonds. The average Bonchev–Trinajstić information content (AvgIpc) is 2.03. The van der Waals surface area contributed by atoms with Crippen LogP contribution in [0, 0.1) is 0 Å². The number of hydrogen-bond donors (Lipinski definition) is 0. The van der Waals surface area contributed by atoms with E-state index in [4.69, 9.17) is 7.32 Å². The van der Waals surface area contributed by atoms with Crippen LogP contribution in [0.3, 0.4) is 0 Å². The number of halogens is 2. The molecule has 0 heterocycles. The van der Waals surface area contributed by atoms with Crippen LogP contribution in [0.1, 0.15) is 39.5 Å². The zero-order valence-electron chi connectivity index (χ0n) is 8.26. The summed E-state index contributed by atoms with van der Waals surface area (Å²) in [7, 11) is 0. The summed E-state index contributed by atoms with van der Waals surface area (Å²) in [6, 6.07) is 0. The van der Waals surface area contributed by atoms with E-state index in [1.807, 2.05) is 0 Å². The first kappa shape index (κ1) is 19.6. The van der Waals surface area contributed by atoms with Crippen molar-refractivity contribution >= 4 is 0 Å². The van der Waals surface area contributed by atoms with E-state index < -0.39 is 0 Å². The van der Waals surface area contributed by atoms with Crippen molar-refractivity contribution < 1.29 is 49.1 Å². The molecule has 0 saturated carbocycles. The Morgan fingerprint density at radius 3 is 1.54 bits per heavy atom. The molecule has 0 N–H and O–H groups in total. The maximum absolute atomic E-state index is 5.29. The fourth-order valence-corrected chi connectivity index (χ4v) is 1.28. The Balaban J connectivity index is -0.000000500. The van der Waals surface area contributed by atoms with Gasteiger partial charge in [0.1, 0.15) is 0 Å². The Bertz CT molecular complexity index is 69.2. The van der Waals surface area contributed by atoms with Crippen LogP contribution < -0.4 is 24.8 Å². The molecular formula is C8H18Cl2O2V. The Kier molecular flexibility index (Phi) is 28.4. The zero-order valence-corrected chi connectivity index (χ0v) is 11.2. The molecule has 13 heavy (non-hydrogen) atoms. The van der Waals surface area contributed by atoms with Gasteiger partial charge in [-0.15, -0.1) is 0 Å². The van der Waals surface area contributed by atoms with Gasteiger partial charge in [-0.3, -0.25) is 0 Å². The molecule has 0 bridgehead atoms. The van der Waals surface area contributed by atoms with Gasteiger partial charge in [0, 0.05) is 0 Å². The van der Waals surface area contributed by atoms with E-state index in [1.165, 1.54) is 12.8 Å². The summed E-state index contributed by atoms with van der Waals surface area (Å²) >= 11 is -0.271. The van der Waals surface area contributed by atoms with E-state index in [2.05, 4.69) is 13.8 Å². The molecule has 0 unspecified atom stereocenters. The first-order chi connectivity index (χ1) is 5.41. The second kappa shape index (κ2) is 18.8. The van der Waals surface area contributed by atoms with Crippen molar-refractivity contribution in [1.82, 2.24) is 0 Å². The third-order valence-corrected chi connectivity index (χ3v) is 2.18. The molecule has 0 aromatic rings. The van der Waals surface area contributed by atoms with Gasteiger partial charge in [-0.2, -0.15) is 0 Å². The third-order valence-electron chi connectivity index (χ3n) is 1.28. The molecule has 81 valence electrons. The van der Waals surface area contributed by atoms with Gasteiger partial charge >= 0.3 is 77.1 Å². The van der Waals surface area contributed by atoms with Gasteiger partial charge in [-0.1, -0.05) is 0 Å². The van der Waals surface area contributed by atoms with Crippen LogP contribution in [0.5, 0.6) is 0 Å². The molecule has 0 aromatic heterocycles. The van der Waals surface area contributed by atoms with Gasteiger partial charge in [0.15, 0.2) is 0 Å². The Hall–Kier alpha value is 1.08. The van der Waals surface area contributed by atoms with E-state index >= 15 is 0 Å². The van der Waals surface area contributed by atoms with Crippen molar-refractivity contribution in [2.75, 3.05) is 13.2 Å². The molecule has 2 nitrogen and oxygen atoms in total. The summed E-state index contributed by atoms with van der Waals surface area (Å²) in [5, 5.41) is 0. The largest absolute Gasteiger partial charge is 1.00 e. The molecule has 0 aliphatic rings. The summed E-state index contributed by atoms with van der Waals surface area (Å²) in [5.74, 6) is 0. The van der Waals surface area contributed by atoms with Crippen LogP contribution in [0.15, 0.2) is 0 Å². The number of unbranched alkanes of at least 4 members (excludes halogenated alkanes) is 2. The minimum atomic E-state index is -0.271. The topological polar surface area (TPSA) is 18.5 Å². The van der Waals surface area contributed by atoms with Gasteiger partial charge in [0.25, 0.3) is 0 Å². The van der Waals surface area contributed by atoms with Crippen molar-refractivity contribution in [1.29, 1.82) is 0 Å². The molecule has 0 aliphatic heterocycles. The van der Waals surface area contributed by atoms with Crippen molar-refractivity contribution in [2.24, 2.45) is 0 Å². The number of rotatable bonds is 8. The monoisotopic (exact) mass is 267 g/mol. The Morgan fingerprint density at radius 2 is 1.23 bits per heavy atom. The molecule has 0 aromatic carbocycles. The van der Waals surface area contributed by atoms with Gasteiger partial charge in [0.2, 0.25) is 0 Å². The van der Waals surface area contributed by atoms with Crippen LogP contribution >= 0.6 is 0 Å². The number of hydrogen-bond acceptors (Lipinski definition) is 2. The zero-order chi connectivity index (χ0) is 8.36. The summed E-state index contributed by atoms with van der Waals surface area (Å²) in [6.07, 6.45) is 4.73. The summed E-state index contributed by atoms with van der Waals surface area (Å²) < 4.78 is 10.6. The molecule has 0 radical (unpaired) electrons. The molecule has 0 aliphatic carbocycles. The van der Waals surface area contributed by atoms with Gasteiger partial charge in [-0.25, -0.2) is 0 Å². The summed E-state index contributed by atoms with van der Waals surface area (Å²) in [5.41, 5.74) is 0. The van der Waals surface area contributed by atoms with Gasteiger partial charge in [0.05, 0.1) is 0 Å². The maximum atomic E-state index is 5.29. The molecule has 0 spiro atoms. The minimum Gasteiger partial charge on any atom is -1.00 e. The van der Waals surface area contributed by atoms with Crippen molar-refractivity contribution in [2.45, 2.75) is 39.5 Å². The van der Waals surface area contributed by atoms with Gasteiger partial charge < -0.3 is 24.8 Å². The minimum absolute atomic E-state index is 0. The van der Waals surface area contributed by atoms with E-state index in [0.717, 1.165) is 26.1 Å². The SMILES string of the molecule is CCCC[O][V+2][O]CCCC.[Cl-].[Cl-]. The second-order valence-corrected chi connectivity index (χ2v) is 3.49. The van der Waals surface area contributed by atoms with Crippen molar-refractivity contribution in [3.63, 3.8) is 0 Å². The molecular weight excluding hydrogens is 250 g/mol. The normalized spacial score (nSPS) is 8.15. The molecule has 0 saturated heterocycles. The Labute approximate surface area is 102 Å². The van der Waals surface area contributed by atoms with Crippen molar-refractivity contribution in [3.8, 4) is 0 Å². The second-order valence-electron chi connectivity index (χ2n) is 2.45. The summed E-state index contributed by atoms with van der Waals surface area (Å²) in [4.78, 5) is 0. The van der Waals surface area contributed by atoms with Crippen LogP contribution in [0.25, 0.3) is 0 Å². The first-order valence-electron chi connectivity index (χ1n) is 4.36. The van der Waals surface area contributed by atoms with Gasteiger partial charge in [-0.05, 0) is 0 Å². The third kappa shape index (κ3) is 19.5. The van der Waals surface area contributed by atoms with Crippen LogP contribution in [0.2, 0.25) is 0 Å². The van der Waals surface area contributed by atoms with E-state index in [1.54, 1.807) is 0 Å². The predicted molar refractivity (Wildman–Crippen MR) is 41.7 cm³/mol. The molecule has 0 rings (SSSR count). The maximum Gasteiger partial charge on any atom is -1.00 e. The van der Waals surface area contributed by atoms with Crippen LogP contribution in [0.4, 0.5) is 0 Å². The molecule has 0 fully saturated rings. The standard InChI is InChI=1S/2C4H9O.2ClH.V/c2*1-2-3-4-5;;;/h2*2-4H2,1H3;2*1H;/q2*-1;;;+4/p-2. The predicted octanol–water partition coefficient (Wildman–Crippen LogP) is -3.46. The van der Waals surface area contributed by atoms with Crippen LogP contribution in [-0.2, 0) is 24.3 Å². The fraction of sp³-hybridized carbons (Fsp3) is 1.00. The quantitative estimate of drug-likeness (QED) is 0.426.